The van der Waals surface area contributed by atoms with Crippen LogP contribution in [0.3, 0.4) is 0 Å². The van der Waals surface area contributed by atoms with Crippen molar-refractivity contribution in [2.24, 2.45) is 0 Å². The van der Waals surface area contributed by atoms with Gasteiger partial charge in [0, 0.05) is 18.2 Å². The lowest BCUT2D eigenvalue weighted by Crippen LogP contribution is -2.29. The molecule has 0 amide bonds. The molecule has 0 bridgehead atoms. The third kappa shape index (κ3) is 4.91. The minimum Gasteiger partial charge on any atom is -0.478 e. The number of aliphatic carboxylic acids is 1. The standard InChI is InChI=1S/C9H17NO2/c1-4-5-8(3)10-6-7(2)9(11)12/h8,10H,2,4-6H2,1,3H3,(H,11,12). The molecule has 0 rings (SSSR count). The van der Waals surface area contributed by atoms with Crippen molar-refractivity contribution in [1.29, 1.82) is 0 Å². The Labute approximate surface area is 73.5 Å². The van der Waals surface area contributed by atoms with Gasteiger partial charge < -0.3 is 10.4 Å². The smallest absolute Gasteiger partial charge is 0.332 e. The Bertz CT molecular complexity index is 166. The van der Waals surface area contributed by atoms with E-state index in [9.17, 15) is 4.79 Å². The average molecular weight is 171 g/mol. The molecule has 12 heavy (non-hydrogen) atoms. The fourth-order valence-corrected chi connectivity index (χ4v) is 0.908. The van der Waals surface area contributed by atoms with E-state index in [1.165, 1.54) is 0 Å². The van der Waals surface area contributed by atoms with Crippen molar-refractivity contribution in [3.8, 4) is 0 Å². The van der Waals surface area contributed by atoms with Crippen molar-refractivity contribution in [2.75, 3.05) is 6.54 Å². The lowest BCUT2D eigenvalue weighted by molar-refractivity contribution is -0.132. The van der Waals surface area contributed by atoms with E-state index in [2.05, 4.69) is 18.8 Å². The highest BCUT2D eigenvalue weighted by Gasteiger charge is 2.05. The van der Waals surface area contributed by atoms with E-state index >= 15 is 0 Å². The number of carbonyl (C=O) groups is 1. The minimum absolute atomic E-state index is 0.220. The summed E-state index contributed by atoms with van der Waals surface area (Å²) in [6.45, 7) is 7.94. The number of carboxylic acids is 1. The van der Waals surface area contributed by atoms with E-state index in [0.29, 0.717) is 12.6 Å². The molecule has 0 aliphatic carbocycles. The van der Waals surface area contributed by atoms with Gasteiger partial charge in [0.25, 0.3) is 0 Å². The molecule has 0 spiro atoms. The van der Waals surface area contributed by atoms with Crippen molar-refractivity contribution >= 4 is 5.97 Å². The predicted octanol–water partition coefficient (Wildman–Crippen LogP) is 1.41. The molecule has 0 saturated heterocycles. The van der Waals surface area contributed by atoms with E-state index in [1.807, 2.05) is 6.92 Å². The van der Waals surface area contributed by atoms with Crippen molar-refractivity contribution in [2.45, 2.75) is 32.7 Å². The predicted molar refractivity (Wildman–Crippen MR) is 49.1 cm³/mol. The molecule has 3 nitrogen and oxygen atoms in total. The van der Waals surface area contributed by atoms with E-state index in [-0.39, 0.29) is 5.57 Å². The largest absolute Gasteiger partial charge is 0.478 e. The first kappa shape index (κ1) is 11.2. The lowest BCUT2D eigenvalue weighted by atomic mass is 10.2. The lowest BCUT2D eigenvalue weighted by Gasteiger charge is -2.11. The molecule has 0 radical (unpaired) electrons. The summed E-state index contributed by atoms with van der Waals surface area (Å²) in [4.78, 5) is 10.3. The monoisotopic (exact) mass is 171 g/mol. The van der Waals surface area contributed by atoms with Gasteiger partial charge in [0.15, 0.2) is 0 Å². The molecule has 0 aromatic heterocycles. The minimum atomic E-state index is -0.925. The zero-order valence-corrected chi connectivity index (χ0v) is 7.76. The zero-order chi connectivity index (χ0) is 9.56. The summed E-state index contributed by atoms with van der Waals surface area (Å²) in [6, 6.07) is 0.367. The number of nitrogens with one attached hydrogen (secondary N) is 1. The fraction of sp³-hybridized carbons (Fsp3) is 0.667. The molecule has 1 atom stereocenters. The summed E-state index contributed by atoms with van der Waals surface area (Å²) in [5.41, 5.74) is 0.220. The summed E-state index contributed by atoms with van der Waals surface area (Å²) in [6.07, 6.45) is 2.17. The first-order chi connectivity index (χ1) is 5.57. The molecule has 0 fully saturated rings. The second kappa shape index (κ2) is 5.77. The molecule has 3 heteroatoms. The van der Waals surface area contributed by atoms with Crippen LogP contribution in [0, 0.1) is 0 Å². The van der Waals surface area contributed by atoms with Gasteiger partial charge in [-0.2, -0.15) is 0 Å². The summed E-state index contributed by atoms with van der Waals surface area (Å²) in [7, 11) is 0. The van der Waals surface area contributed by atoms with Crippen molar-refractivity contribution < 1.29 is 9.90 Å². The van der Waals surface area contributed by atoms with Crippen molar-refractivity contribution in [3.05, 3.63) is 12.2 Å². The maximum absolute atomic E-state index is 10.3. The Morgan fingerprint density at radius 3 is 2.67 bits per heavy atom. The molecule has 2 N–H and O–H groups in total. The topological polar surface area (TPSA) is 49.3 Å². The molecule has 0 aromatic carbocycles. The van der Waals surface area contributed by atoms with Crippen LogP contribution in [0.5, 0.6) is 0 Å². The zero-order valence-electron chi connectivity index (χ0n) is 7.76. The second-order valence-electron chi connectivity index (χ2n) is 2.98. The van der Waals surface area contributed by atoms with Gasteiger partial charge in [0.05, 0.1) is 0 Å². The average Bonchev–Trinajstić information content (AvgIpc) is 2.00. The van der Waals surface area contributed by atoms with Gasteiger partial charge >= 0.3 is 5.97 Å². The van der Waals surface area contributed by atoms with Crippen LogP contribution in [-0.2, 0) is 4.79 Å². The number of carboxylic acid groups (broad SMARTS) is 1. The highest BCUT2D eigenvalue weighted by atomic mass is 16.4. The van der Waals surface area contributed by atoms with Crippen molar-refractivity contribution in [1.82, 2.24) is 5.32 Å². The van der Waals surface area contributed by atoms with Gasteiger partial charge in [0.2, 0.25) is 0 Å². The molecule has 1 unspecified atom stereocenters. The summed E-state index contributed by atoms with van der Waals surface area (Å²) < 4.78 is 0. The van der Waals surface area contributed by atoms with Crippen LogP contribution >= 0.6 is 0 Å². The Kier molecular flexibility index (Phi) is 5.37. The molecule has 0 aliphatic heterocycles. The molecule has 0 heterocycles. The quantitative estimate of drug-likeness (QED) is 0.594. The molecule has 70 valence electrons. The van der Waals surface area contributed by atoms with E-state index in [0.717, 1.165) is 12.8 Å². The fourth-order valence-electron chi connectivity index (χ4n) is 0.908. The molecule has 0 aromatic rings. The third-order valence-corrected chi connectivity index (χ3v) is 1.69. The van der Waals surface area contributed by atoms with Gasteiger partial charge in [-0.1, -0.05) is 19.9 Å². The Hall–Kier alpha value is -0.830. The molecule has 0 aliphatic rings. The Balaban J connectivity index is 3.54. The second-order valence-corrected chi connectivity index (χ2v) is 2.98. The van der Waals surface area contributed by atoms with Crippen LogP contribution in [0.1, 0.15) is 26.7 Å². The highest BCUT2D eigenvalue weighted by molar-refractivity contribution is 5.86. The molecule has 0 saturated carbocycles. The maximum atomic E-state index is 10.3. The van der Waals surface area contributed by atoms with Gasteiger partial charge in [-0.15, -0.1) is 0 Å². The van der Waals surface area contributed by atoms with Crippen LogP contribution in [0.2, 0.25) is 0 Å². The van der Waals surface area contributed by atoms with Crippen LogP contribution < -0.4 is 5.32 Å². The van der Waals surface area contributed by atoms with E-state index in [4.69, 9.17) is 5.11 Å². The maximum Gasteiger partial charge on any atom is 0.332 e. The number of rotatable bonds is 6. The van der Waals surface area contributed by atoms with E-state index in [1.54, 1.807) is 0 Å². The highest BCUT2D eigenvalue weighted by Crippen LogP contribution is 1.96. The Morgan fingerprint density at radius 2 is 2.25 bits per heavy atom. The summed E-state index contributed by atoms with van der Waals surface area (Å²) in [5, 5.41) is 11.6. The molecular formula is C9H17NO2. The van der Waals surface area contributed by atoms with Crippen LogP contribution in [0.15, 0.2) is 12.2 Å². The van der Waals surface area contributed by atoms with Gasteiger partial charge in [-0.25, -0.2) is 4.79 Å². The van der Waals surface area contributed by atoms with Crippen LogP contribution in [0.4, 0.5) is 0 Å². The normalized spacial score (nSPS) is 12.5. The first-order valence-electron chi connectivity index (χ1n) is 4.22. The first-order valence-corrected chi connectivity index (χ1v) is 4.22. The van der Waals surface area contributed by atoms with Crippen LogP contribution in [-0.4, -0.2) is 23.7 Å². The Morgan fingerprint density at radius 1 is 1.67 bits per heavy atom. The van der Waals surface area contributed by atoms with Gasteiger partial charge in [-0.05, 0) is 13.3 Å². The van der Waals surface area contributed by atoms with Gasteiger partial charge in [-0.3, -0.25) is 0 Å². The van der Waals surface area contributed by atoms with Crippen LogP contribution in [0.25, 0.3) is 0 Å². The summed E-state index contributed by atoms with van der Waals surface area (Å²) >= 11 is 0. The number of hydrogen-bond acceptors (Lipinski definition) is 2. The van der Waals surface area contributed by atoms with E-state index < -0.39 is 5.97 Å². The molecular weight excluding hydrogens is 154 g/mol. The number of hydrogen-bond donors (Lipinski definition) is 2. The SMILES string of the molecule is C=C(CNC(C)CCC)C(=O)O. The summed E-state index contributed by atoms with van der Waals surface area (Å²) in [5.74, 6) is -0.925. The van der Waals surface area contributed by atoms with Crippen molar-refractivity contribution in [3.63, 3.8) is 0 Å². The third-order valence-electron chi connectivity index (χ3n) is 1.69. The van der Waals surface area contributed by atoms with Gasteiger partial charge in [0.1, 0.15) is 0 Å².